The molecule has 0 unspecified atom stereocenters. The fourth-order valence-electron chi connectivity index (χ4n) is 3.37. The summed E-state index contributed by atoms with van der Waals surface area (Å²) in [5, 5.41) is 16.4. The van der Waals surface area contributed by atoms with E-state index >= 15 is 0 Å². The molecule has 0 aliphatic heterocycles. The number of aromatic nitrogens is 3. The van der Waals surface area contributed by atoms with Crippen molar-refractivity contribution in [2.75, 3.05) is 23.0 Å². The highest BCUT2D eigenvalue weighted by molar-refractivity contribution is 7.91. The normalized spacial score (nSPS) is 12.4. The van der Waals surface area contributed by atoms with Crippen molar-refractivity contribution in [3.05, 3.63) is 59.9 Å². The average molecular weight is 632 g/mol. The van der Waals surface area contributed by atoms with Crippen LogP contribution in [0, 0.1) is 0 Å². The van der Waals surface area contributed by atoms with Crippen LogP contribution in [0.3, 0.4) is 0 Å². The van der Waals surface area contributed by atoms with Crippen molar-refractivity contribution in [3.63, 3.8) is 0 Å². The van der Waals surface area contributed by atoms with E-state index in [0.29, 0.717) is 16.8 Å². The Morgan fingerprint density at radius 3 is 1.98 bits per heavy atom. The zero-order chi connectivity index (χ0) is 29.3. The molecule has 5 N–H and O–H groups in total. The van der Waals surface area contributed by atoms with Gasteiger partial charge in [0.05, 0.1) is 22.2 Å². The van der Waals surface area contributed by atoms with Gasteiger partial charge in [-0.15, -0.1) is 0 Å². The number of sulfone groups is 1. The number of halogens is 1. The molecule has 1 heterocycles. The molecular formula is C21H18ClN5O10S3. The molecule has 0 amide bonds. The van der Waals surface area contributed by atoms with Gasteiger partial charge in [-0.2, -0.15) is 31.8 Å². The number of hydrogen-bond donors (Lipinski definition) is 5. The summed E-state index contributed by atoms with van der Waals surface area (Å²) in [6.45, 7) is -0.761. The third kappa shape index (κ3) is 7.50. The second kappa shape index (κ2) is 11.1. The molecule has 212 valence electrons. The minimum absolute atomic E-state index is 0.00562. The summed E-state index contributed by atoms with van der Waals surface area (Å²) in [5.41, 5.74) is 0.759. The highest BCUT2D eigenvalue weighted by Crippen LogP contribution is 2.31. The van der Waals surface area contributed by atoms with Crippen LogP contribution in [-0.4, -0.2) is 66.8 Å². The molecule has 4 rings (SSSR count). The number of rotatable bonds is 10. The second-order valence-corrected chi connectivity index (χ2v) is 12.9. The van der Waals surface area contributed by atoms with E-state index in [-0.39, 0.29) is 33.2 Å². The third-order valence-electron chi connectivity index (χ3n) is 5.12. The molecule has 0 fully saturated rings. The smallest absolute Gasteiger partial charge is 0.397 e. The van der Waals surface area contributed by atoms with E-state index in [2.05, 4.69) is 29.8 Å². The van der Waals surface area contributed by atoms with E-state index in [1.54, 1.807) is 6.07 Å². The van der Waals surface area contributed by atoms with Crippen LogP contribution in [-0.2, 0) is 34.5 Å². The Bertz CT molecular complexity index is 1920. The van der Waals surface area contributed by atoms with Crippen LogP contribution in [0.2, 0.25) is 5.28 Å². The molecule has 0 spiro atoms. The molecule has 15 nitrogen and oxygen atoms in total. The van der Waals surface area contributed by atoms with E-state index in [1.807, 2.05) is 0 Å². The minimum atomic E-state index is -4.76. The first-order chi connectivity index (χ1) is 18.6. The lowest BCUT2D eigenvalue weighted by Gasteiger charge is -2.11. The Balaban J connectivity index is 1.50. The lowest BCUT2D eigenvalue weighted by Crippen LogP contribution is -2.15. The maximum Gasteiger partial charge on any atom is 0.397 e. The molecule has 0 saturated carbocycles. The van der Waals surface area contributed by atoms with Crippen molar-refractivity contribution in [3.8, 4) is 5.75 Å². The van der Waals surface area contributed by atoms with Crippen molar-refractivity contribution in [1.29, 1.82) is 0 Å². The first kappa shape index (κ1) is 29.3. The molecule has 0 atom stereocenters. The molecular weight excluding hydrogens is 614 g/mol. The molecule has 0 aliphatic rings. The van der Waals surface area contributed by atoms with Gasteiger partial charge in [0, 0.05) is 22.8 Å². The van der Waals surface area contributed by atoms with Crippen LogP contribution in [0.4, 0.5) is 23.3 Å². The van der Waals surface area contributed by atoms with Crippen LogP contribution < -0.4 is 10.6 Å². The molecule has 40 heavy (non-hydrogen) atoms. The van der Waals surface area contributed by atoms with Crippen LogP contribution in [0.25, 0.3) is 10.8 Å². The zero-order valence-corrected chi connectivity index (χ0v) is 23.0. The Morgan fingerprint density at radius 2 is 1.38 bits per heavy atom. The fraction of sp³-hybridized carbons (Fsp3) is 0.0952. The highest BCUT2D eigenvalue weighted by Gasteiger charge is 2.17. The summed E-state index contributed by atoms with van der Waals surface area (Å²) in [5.74, 6) is -1.09. The van der Waals surface area contributed by atoms with E-state index in [9.17, 15) is 34.9 Å². The van der Waals surface area contributed by atoms with Gasteiger partial charge in [0.1, 0.15) is 5.75 Å². The van der Waals surface area contributed by atoms with Gasteiger partial charge in [-0.25, -0.2) is 12.6 Å². The molecule has 0 radical (unpaired) electrons. The lowest BCUT2D eigenvalue weighted by atomic mass is 10.1. The SMILES string of the molecule is O=S(=O)(O)OCCS(=O)(=O)c1ccc(Nc2nc(Cl)nc(Nc3ccc4cc(S(=O)(=O)O)cc(O)c4c3)n2)cc1. The topological polar surface area (TPSA) is 235 Å². The number of nitrogens with one attached hydrogen (secondary N) is 2. The number of aromatic hydroxyl groups is 1. The summed E-state index contributed by atoms with van der Waals surface area (Å²) in [6.07, 6.45) is 0. The summed E-state index contributed by atoms with van der Waals surface area (Å²) in [6, 6.07) is 11.9. The standard InChI is InChI=1S/C21H18ClN5O10S3/c22-19-25-20(23-13-3-5-15(6-4-13)38(29,30)8-7-37-40(34,35)36)27-21(26-19)24-14-2-1-12-9-16(39(31,32)33)11-18(28)17(12)10-14/h1-6,9-11,28H,7-8H2,(H,31,32,33)(H,34,35,36)(H2,23,24,25,26,27). The molecule has 0 saturated heterocycles. The predicted octanol–water partition coefficient (Wildman–Crippen LogP) is 2.71. The first-order valence-electron chi connectivity index (χ1n) is 10.7. The van der Waals surface area contributed by atoms with Gasteiger partial charge < -0.3 is 15.7 Å². The van der Waals surface area contributed by atoms with Crippen molar-refractivity contribution in [2.45, 2.75) is 9.79 Å². The second-order valence-electron chi connectivity index (χ2n) is 7.95. The Morgan fingerprint density at radius 1 is 0.775 bits per heavy atom. The van der Waals surface area contributed by atoms with Gasteiger partial charge in [-0.05, 0) is 59.5 Å². The van der Waals surface area contributed by atoms with Gasteiger partial charge in [0.2, 0.25) is 17.2 Å². The molecule has 3 aromatic carbocycles. The van der Waals surface area contributed by atoms with Gasteiger partial charge in [0.15, 0.2) is 9.84 Å². The summed E-state index contributed by atoms with van der Waals surface area (Å²) in [4.78, 5) is 11.5. The summed E-state index contributed by atoms with van der Waals surface area (Å²) in [7, 11) is -13.2. The Kier molecular flexibility index (Phi) is 8.13. The fourth-order valence-corrected chi connectivity index (χ4v) is 5.56. The first-order valence-corrected chi connectivity index (χ1v) is 15.6. The van der Waals surface area contributed by atoms with Crippen molar-refractivity contribution in [1.82, 2.24) is 15.0 Å². The number of anilines is 4. The van der Waals surface area contributed by atoms with Crippen molar-refractivity contribution >= 4 is 76.0 Å². The molecule has 0 aliphatic carbocycles. The quantitative estimate of drug-likeness (QED) is 0.158. The molecule has 1 aromatic heterocycles. The summed E-state index contributed by atoms with van der Waals surface area (Å²) >= 11 is 6.01. The number of hydrogen-bond acceptors (Lipinski definition) is 13. The number of phenols is 1. The van der Waals surface area contributed by atoms with Crippen LogP contribution >= 0.6 is 11.6 Å². The maximum absolute atomic E-state index is 12.3. The van der Waals surface area contributed by atoms with Gasteiger partial charge in [0.25, 0.3) is 10.1 Å². The zero-order valence-electron chi connectivity index (χ0n) is 19.8. The Labute approximate surface area is 232 Å². The highest BCUT2D eigenvalue weighted by atomic mass is 35.5. The lowest BCUT2D eigenvalue weighted by molar-refractivity contribution is 0.284. The van der Waals surface area contributed by atoms with E-state index < -0.39 is 47.6 Å². The number of fused-ring (bicyclic) bond motifs is 1. The van der Waals surface area contributed by atoms with E-state index in [4.69, 9.17) is 16.2 Å². The van der Waals surface area contributed by atoms with Gasteiger partial charge in [-0.1, -0.05) is 6.07 Å². The minimum Gasteiger partial charge on any atom is -0.507 e. The molecule has 19 heteroatoms. The number of nitrogens with zero attached hydrogens (tertiary/aromatic N) is 3. The van der Waals surface area contributed by atoms with Crippen LogP contribution in [0.5, 0.6) is 5.75 Å². The van der Waals surface area contributed by atoms with Crippen molar-refractivity contribution in [2.24, 2.45) is 0 Å². The van der Waals surface area contributed by atoms with E-state index in [0.717, 1.165) is 6.07 Å². The summed E-state index contributed by atoms with van der Waals surface area (Å²) < 4.78 is 90.5. The average Bonchev–Trinajstić information content (AvgIpc) is 2.83. The van der Waals surface area contributed by atoms with E-state index in [1.165, 1.54) is 42.5 Å². The van der Waals surface area contributed by atoms with Crippen molar-refractivity contribution < 1.29 is 43.6 Å². The van der Waals surface area contributed by atoms with Gasteiger partial charge >= 0.3 is 10.4 Å². The van der Waals surface area contributed by atoms with Gasteiger partial charge in [-0.3, -0.25) is 9.11 Å². The maximum atomic E-state index is 12.3. The van der Waals surface area contributed by atoms with Crippen LogP contribution in [0.1, 0.15) is 0 Å². The number of benzene rings is 3. The largest absolute Gasteiger partial charge is 0.507 e. The Hall–Kier alpha value is -3.65. The molecule has 0 bridgehead atoms. The van der Waals surface area contributed by atoms with Crippen LogP contribution in [0.15, 0.2) is 64.4 Å². The third-order valence-corrected chi connectivity index (χ3v) is 8.28. The monoisotopic (exact) mass is 631 g/mol. The number of phenolic OH excluding ortho intramolecular Hbond substituents is 1. The molecule has 4 aromatic rings. The predicted molar refractivity (Wildman–Crippen MR) is 143 cm³/mol.